The van der Waals surface area contributed by atoms with Gasteiger partial charge in [-0.15, -0.1) is 0 Å². The van der Waals surface area contributed by atoms with Crippen LogP contribution in [-0.4, -0.2) is 13.5 Å². The molecule has 0 aliphatic heterocycles. The number of phenols is 1. The number of benzene rings is 2. The van der Waals surface area contributed by atoms with E-state index in [1.165, 1.54) is 6.07 Å². The Hall–Kier alpha value is -2.05. The molecule has 0 aromatic heterocycles. The first kappa shape index (κ1) is 15.3. The first-order chi connectivity index (χ1) is 9.77. The van der Waals surface area contributed by atoms with Crippen molar-refractivity contribution in [3.63, 3.8) is 0 Å². The van der Waals surface area contributed by atoms with Crippen LogP contribution in [-0.2, 0) is 16.6 Å². The van der Waals surface area contributed by atoms with E-state index in [0.717, 1.165) is 22.4 Å². The average molecular weight is 306 g/mol. The van der Waals surface area contributed by atoms with E-state index in [0.29, 0.717) is 6.54 Å². The first-order valence-corrected chi connectivity index (χ1v) is 7.98. The summed E-state index contributed by atoms with van der Waals surface area (Å²) in [5.41, 5.74) is 3.54. The third-order valence-corrected chi connectivity index (χ3v) is 4.28. The van der Waals surface area contributed by atoms with Crippen molar-refractivity contribution in [1.82, 2.24) is 0 Å². The lowest BCUT2D eigenvalue weighted by molar-refractivity contribution is 0.475. The molecule has 0 bridgehead atoms. The van der Waals surface area contributed by atoms with Crippen molar-refractivity contribution in [2.45, 2.75) is 25.3 Å². The van der Waals surface area contributed by atoms with Crippen molar-refractivity contribution in [2.24, 2.45) is 5.14 Å². The standard InChI is InChI=1S/C15H18N2O3S/c1-10-7-14(21(16,19)20)8-15(11(10)2)17-9-12-3-5-13(18)6-4-12/h3-8,17-18H,9H2,1-2H3,(H2,16,19,20). The largest absolute Gasteiger partial charge is 0.508 e. The number of rotatable bonds is 4. The smallest absolute Gasteiger partial charge is 0.238 e. The van der Waals surface area contributed by atoms with Crippen molar-refractivity contribution in [3.8, 4) is 5.75 Å². The Morgan fingerprint density at radius 1 is 1.14 bits per heavy atom. The van der Waals surface area contributed by atoms with Gasteiger partial charge in [0.2, 0.25) is 10.0 Å². The van der Waals surface area contributed by atoms with Crippen LogP contribution in [0.1, 0.15) is 16.7 Å². The Labute approximate surface area is 124 Å². The zero-order chi connectivity index (χ0) is 15.6. The molecule has 0 saturated heterocycles. The maximum absolute atomic E-state index is 11.5. The van der Waals surface area contributed by atoms with Gasteiger partial charge in [0.25, 0.3) is 0 Å². The average Bonchev–Trinajstić information content (AvgIpc) is 2.41. The number of aromatic hydroxyl groups is 1. The van der Waals surface area contributed by atoms with E-state index in [1.807, 2.05) is 13.8 Å². The molecule has 2 aromatic rings. The van der Waals surface area contributed by atoms with Gasteiger partial charge in [0.05, 0.1) is 4.90 Å². The van der Waals surface area contributed by atoms with Crippen LogP contribution in [0.25, 0.3) is 0 Å². The lowest BCUT2D eigenvalue weighted by Crippen LogP contribution is -2.13. The fourth-order valence-electron chi connectivity index (χ4n) is 1.99. The number of nitrogens with two attached hydrogens (primary N) is 1. The number of hydrogen-bond acceptors (Lipinski definition) is 4. The Morgan fingerprint density at radius 3 is 2.33 bits per heavy atom. The predicted molar refractivity (Wildman–Crippen MR) is 82.7 cm³/mol. The second-order valence-corrected chi connectivity index (χ2v) is 6.54. The molecule has 2 rings (SSSR count). The van der Waals surface area contributed by atoms with E-state index in [4.69, 9.17) is 5.14 Å². The molecule has 0 saturated carbocycles. The number of primary sulfonamides is 1. The summed E-state index contributed by atoms with van der Waals surface area (Å²) in [5.74, 6) is 0.210. The number of aryl methyl sites for hydroxylation is 1. The van der Waals surface area contributed by atoms with Gasteiger partial charge in [-0.2, -0.15) is 0 Å². The van der Waals surface area contributed by atoms with Crippen LogP contribution < -0.4 is 10.5 Å². The lowest BCUT2D eigenvalue weighted by atomic mass is 10.1. The monoisotopic (exact) mass is 306 g/mol. The van der Waals surface area contributed by atoms with Gasteiger partial charge in [0.15, 0.2) is 0 Å². The molecule has 0 radical (unpaired) electrons. The second-order valence-electron chi connectivity index (χ2n) is 4.98. The van der Waals surface area contributed by atoms with Crippen LogP contribution in [0, 0.1) is 13.8 Å². The highest BCUT2D eigenvalue weighted by atomic mass is 32.2. The SMILES string of the molecule is Cc1cc(S(N)(=O)=O)cc(NCc2ccc(O)cc2)c1C. The molecule has 0 spiro atoms. The summed E-state index contributed by atoms with van der Waals surface area (Å²) in [6.45, 7) is 4.28. The van der Waals surface area contributed by atoms with Crippen LogP contribution >= 0.6 is 0 Å². The summed E-state index contributed by atoms with van der Waals surface area (Å²) in [5, 5.41) is 17.6. The van der Waals surface area contributed by atoms with E-state index >= 15 is 0 Å². The van der Waals surface area contributed by atoms with Crippen LogP contribution in [0.4, 0.5) is 5.69 Å². The molecule has 2 aromatic carbocycles. The summed E-state index contributed by atoms with van der Waals surface area (Å²) < 4.78 is 23.0. The van der Waals surface area contributed by atoms with Gasteiger partial charge >= 0.3 is 0 Å². The summed E-state index contributed by atoms with van der Waals surface area (Å²) in [6, 6.07) is 9.92. The molecule has 0 unspecified atom stereocenters. The molecule has 4 N–H and O–H groups in total. The molecule has 0 atom stereocenters. The Bertz CT molecular complexity index is 753. The van der Waals surface area contributed by atoms with Crippen molar-refractivity contribution >= 4 is 15.7 Å². The molecule has 0 aliphatic rings. The maximum atomic E-state index is 11.5. The fraction of sp³-hybridized carbons (Fsp3) is 0.200. The molecule has 5 nitrogen and oxygen atoms in total. The number of phenolic OH excluding ortho intramolecular Hbond substituents is 1. The van der Waals surface area contributed by atoms with Crippen molar-refractivity contribution in [2.75, 3.05) is 5.32 Å². The van der Waals surface area contributed by atoms with Gasteiger partial charge in [0.1, 0.15) is 5.75 Å². The molecule has 21 heavy (non-hydrogen) atoms. The normalized spacial score (nSPS) is 11.4. The molecular weight excluding hydrogens is 288 g/mol. The third-order valence-electron chi connectivity index (χ3n) is 3.39. The molecule has 112 valence electrons. The van der Waals surface area contributed by atoms with Gasteiger partial charge in [-0.1, -0.05) is 12.1 Å². The van der Waals surface area contributed by atoms with E-state index in [2.05, 4.69) is 5.32 Å². The molecule has 0 amide bonds. The minimum absolute atomic E-state index is 0.0961. The highest BCUT2D eigenvalue weighted by Crippen LogP contribution is 2.24. The second kappa shape index (κ2) is 5.75. The minimum Gasteiger partial charge on any atom is -0.508 e. The highest BCUT2D eigenvalue weighted by Gasteiger charge is 2.12. The fourth-order valence-corrected chi connectivity index (χ4v) is 2.61. The quantitative estimate of drug-likeness (QED) is 0.808. The van der Waals surface area contributed by atoms with E-state index in [9.17, 15) is 13.5 Å². The van der Waals surface area contributed by atoms with Gasteiger partial charge < -0.3 is 10.4 Å². The summed E-state index contributed by atoms with van der Waals surface area (Å²) in [7, 11) is -3.73. The van der Waals surface area contributed by atoms with Crippen molar-refractivity contribution in [1.29, 1.82) is 0 Å². The summed E-state index contributed by atoms with van der Waals surface area (Å²) in [4.78, 5) is 0.0961. The first-order valence-electron chi connectivity index (χ1n) is 6.43. The Morgan fingerprint density at radius 2 is 1.76 bits per heavy atom. The number of sulfonamides is 1. The third kappa shape index (κ3) is 3.74. The zero-order valence-electron chi connectivity index (χ0n) is 11.9. The highest BCUT2D eigenvalue weighted by molar-refractivity contribution is 7.89. The Kier molecular flexibility index (Phi) is 4.20. The van der Waals surface area contributed by atoms with Crippen LogP contribution in [0.15, 0.2) is 41.3 Å². The summed E-state index contributed by atoms with van der Waals surface area (Å²) >= 11 is 0. The van der Waals surface area contributed by atoms with Crippen molar-refractivity contribution in [3.05, 3.63) is 53.1 Å². The topological polar surface area (TPSA) is 92.4 Å². The van der Waals surface area contributed by atoms with Gasteiger partial charge in [0, 0.05) is 12.2 Å². The number of nitrogens with one attached hydrogen (secondary N) is 1. The number of hydrogen-bond donors (Lipinski definition) is 3. The molecule has 0 fully saturated rings. The van der Waals surface area contributed by atoms with Crippen LogP contribution in [0.5, 0.6) is 5.75 Å². The van der Waals surface area contributed by atoms with Crippen LogP contribution in [0.2, 0.25) is 0 Å². The van der Waals surface area contributed by atoms with E-state index in [1.54, 1.807) is 30.3 Å². The molecule has 0 aliphatic carbocycles. The lowest BCUT2D eigenvalue weighted by Gasteiger charge is -2.13. The van der Waals surface area contributed by atoms with Gasteiger partial charge in [-0.05, 0) is 54.8 Å². The van der Waals surface area contributed by atoms with E-state index < -0.39 is 10.0 Å². The maximum Gasteiger partial charge on any atom is 0.238 e. The van der Waals surface area contributed by atoms with Crippen LogP contribution in [0.3, 0.4) is 0 Å². The van der Waals surface area contributed by atoms with Crippen molar-refractivity contribution < 1.29 is 13.5 Å². The molecule has 0 heterocycles. The molecule has 6 heteroatoms. The number of anilines is 1. The predicted octanol–water partition coefficient (Wildman–Crippen LogP) is 2.27. The van der Waals surface area contributed by atoms with Gasteiger partial charge in [-0.25, -0.2) is 13.6 Å². The van der Waals surface area contributed by atoms with E-state index in [-0.39, 0.29) is 10.6 Å². The summed E-state index contributed by atoms with van der Waals surface area (Å²) in [6.07, 6.45) is 0. The zero-order valence-corrected chi connectivity index (χ0v) is 12.7. The van der Waals surface area contributed by atoms with Gasteiger partial charge in [-0.3, -0.25) is 0 Å². The Balaban J connectivity index is 2.27. The molecular formula is C15H18N2O3S. The minimum atomic E-state index is -3.73.